The molecule has 94 valence electrons. The summed E-state index contributed by atoms with van der Waals surface area (Å²) < 4.78 is 4.05. The van der Waals surface area contributed by atoms with Crippen LogP contribution in [0, 0.1) is 0 Å². The van der Waals surface area contributed by atoms with Crippen molar-refractivity contribution >= 4 is 28.0 Å². The van der Waals surface area contributed by atoms with Crippen molar-refractivity contribution in [2.45, 2.75) is 0 Å². The summed E-state index contributed by atoms with van der Waals surface area (Å²) in [6.07, 6.45) is 1.62. The van der Waals surface area contributed by atoms with Crippen LogP contribution in [0.25, 0.3) is 0 Å². The van der Waals surface area contributed by atoms with Crippen molar-refractivity contribution in [3.8, 4) is 0 Å². The zero-order chi connectivity index (χ0) is 12.4. The second kappa shape index (κ2) is 4.81. The lowest BCUT2D eigenvalue weighted by Gasteiger charge is -2.35. The zero-order valence-electron chi connectivity index (χ0n) is 9.99. The average molecular weight is 261 g/mol. The maximum Gasteiger partial charge on any atom is 0.205 e. The fourth-order valence-electron chi connectivity index (χ4n) is 2.15. The lowest BCUT2D eigenvalue weighted by atomic mass is 10.2. The molecule has 0 amide bonds. The molecule has 1 aromatic carbocycles. The number of benzene rings is 1. The number of nitrogens with two attached hydrogens (primary N) is 1. The fourth-order valence-corrected chi connectivity index (χ4v) is 2.73. The number of rotatable bonds is 2. The van der Waals surface area contributed by atoms with Crippen LogP contribution in [0.3, 0.4) is 0 Å². The number of nitrogens with zero attached hydrogens (tertiary/aromatic N) is 4. The molecule has 5 nitrogen and oxygen atoms in total. The Morgan fingerprint density at radius 3 is 2.28 bits per heavy atom. The van der Waals surface area contributed by atoms with Gasteiger partial charge in [-0.05, 0) is 24.3 Å². The first kappa shape index (κ1) is 11.3. The SMILES string of the molecule is Nc1ccc(N2CCN(c3ncns3)CC2)cc1. The topological polar surface area (TPSA) is 58.3 Å². The predicted molar refractivity (Wildman–Crippen MR) is 75.2 cm³/mol. The first-order valence-corrected chi connectivity index (χ1v) is 6.72. The summed E-state index contributed by atoms with van der Waals surface area (Å²) in [5.41, 5.74) is 7.75. The van der Waals surface area contributed by atoms with Gasteiger partial charge in [0.1, 0.15) is 6.33 Å². The third-order valence-corrected chi connectivity index (χ3v) is 3.88. The fraction of sp³-hybridized carbons (Fsp3) is 0.333. The molecule has 2 N–H and O–H groups in total. The van der Waals surface area contributed by atoms with E-state index in [9.17, 15) is 0 Å². The number of hydrogen-bond donors (Lipinski definition) is 1. The summed E-state index contributed by atoms with van der Waals surface area (Å²) in [6.45, 7) is 3.98. The van der Waals surface area contributed by atoms with Gasteiger partial charge in [-0.3, -0.25) is 0 Å². The highest BCUT2D eigenvalue weighted by Gasteiger charge is 2.18. The van der Waals surface area contributed by atoms with E-state index in [1.165, 1.54) is 17.2 Å². The van der Waals surface area contributed by atoms with Gasteiger partial charge in [0.25, 0.3) is 0 Å². The summed E-state index contributed by atoms with van der Waals surface area (Å²) in [7, 11) is 0. The van der Waals surface area contributed by atoms with Gasteiger partial charge in [-0.1, -0.05) is 0 Å². The Morgan fingerprint density at radius 2 is 1.67 bits per heavy atom. The van der Waals surface area contributed by atoms with E-state index in [4.69, 9.17) is 5.73 Å². The molecular formula is C12H15N5S. The smallest absolute Gasteiger partial charge is 0.205 e. The van der Waals surface area contributed by atoms with Crippen LogP contribution in [0.5, 0.6) is 0 Å². The van der Waals surface area contributed by atoms with Crippen molar-refractivity contribution in [3.63, 3.8) is 0 Å². The van der Waals surface area contributed by atoms with E-state index in [0.29, 0.717) is 0 Å². The van der Waals surface area contributed by atoms with Gasteiger partial charge < -0.3 is 15.5 Å². The molecule has 6 heteroatoms. The van der Waals surface area contributed by atoms with E-state index >= 15 is 0 Å². The number of aromatic nitrogens is 2. The third-order valence-electron chi connectivity index (χ3n) is 3.16. The summed E-state index contributed by atoms with van der Waals surface area (Å²) in [6, 6.07) is 8.06. The monoisotopic (exact) mass is 261 g/mol. The molecule has 0 aliphatic carbocycles. The van der Waals surface area contributed by atoms with Gasteiger partial charge in [0.05, 0.1) is 0 Å². The highest BCUT2D eigenvalue weighted by molar-refractivity contribution is 7.09. The van der Waals surface area contributed by atoms with E-state index in [1.54, 1.807) is 6.33 Å². The molecule has 1 aliphatic heterocycles. The van der Waals surface area contributed by atoms with Crippen molar-refractivity contribution in [1.29, 1.82) is 0 Å². The number of piperazine rings is 1. The Balaban J connectivity index is 1.65. The standard InChI is InChI=1S/C12H15N5S/c13-10-1-3-11(4-2-10)16-5-7-17(8-6-16)12-14-9-15-18-12/h1-4,9H,5-8,13H2. The van der Waals surface area contributed by atoms with E-state index in [0.717, 1.165) is 37.0 Å². The first-order chi connectivity index (χ1) is 8.83. The van der Waals surface area contributed by atoms with Crippen molar-refractivity contribution in [2.75, 3.05) is 41.7 Å². The Labute approximate surface area is 110 Å². The molecule has 1 aromatic heterocycles. The molecule has 18 heavy (non-hydrogen) atoms. The maximum absolute atomic E-state index is 5.70. The number of nitrogen functional groups attached to an aromatic ring is 1. The van der Waals surface area contributed by atoms with Crippen molar-refractivity contribution in [1.82, 2.24) is 9.36 Å². The molecular weight excluding hydrogens is 246 g/mol. The highest BCUT2D eigenvalue weighted by Crippen LogP contribution is 2.21. The van der Waals surface area contributed by atoms with E-state index < -0.39 is 0 Å². The lowest BCUT2D eigenvalue weighted by Crippen LogP contribution is -2.46. The average Bonchev–Trinajstić information content (AvgIpc) is 2.94. The molecule has 3 rings (SSSR count). The van der Waals surface area contributed by atoms with Gasteiger partial charge in [0, 0.05) is 49.1 Å². The van der Waals surface area contributed by atoms with Gasteiger partial charge >= 0.3 is 0 Å². The van der Waals surface area contributed by atoms with Gasteiger partial charge in [0.15, 0.2) is 0 Å². The van der Waals surface area contributed by atoms with Gasteiger partial charge in [-0.25, -0.2) is 4.98 Å². The highest BCUT2D eigenvalue weighted by atomic mass is 32.1. The summed E-state index contributed by atoms with van der Waals surface area (Å²) in [4.78, 5) is 8.90. The normalized spacial score (nSPS) is 16.0. The summed E-state index contributed by atoms with van der Waals surface area (Å²) in [5.74, 6) is 0. The van der Waals surface area contributed by atoms with Crippen LogP contribution in [-0.4, -0.2) is 35.5 Å². The van der Waals surface area contributed by atoms with Gasteiger partial charge in [-0.15, -0.1) is 0 Å². The van der Waals surface area contributed by atoms with Crippen LogP contribution < -0.4 is 15.5 Å². The Morgan fingerprint density at radius 1 is 1.00 bits per heavy atom. The minimum absolute atomic E-state index is 0.811. The third kappa shape index (κ3) is 2.24. The van der Waals surface area contributed by atoms with E-state index in [2.05, 4.69) is 31.3 Å². The molecule has 0 radical (unpaired) electrons. The van der Waals surface area contributed by atoms with Crippen LogP contribution in [0.15, 0.2) is 30.6 Å². The van der Waals surface area contributed by atoms with Crippen molar-refractivity contribution in [3.05, 3.63) is 30.6 Å². The molecule has 0 bridgehead atoms. The van der Waals surface area contributed by atoms with Crippen LogP contribution in [0.1, 0.15) is 0 Å². The minimum Gasteiger partial charge on any atom is -0.399 e. The molecule has 1 saturated heterocycles. The van der Waals surface area contributed by atoms with E-state index in [-0.39, 0.29) is 0 Å². The van der Waals surface area contributed by atoms with Crippen LogP contribution in [0.4, 0.5) is 16.5 Å². The van der Waals surface area contributed by atoms with Crippen LogP contribution >= 0.6 is 11.5 Å². The Hall–Kier alpha value is -1.82. The summed E-state index contributed by atoms with van der Waals surface area (Å²) in [5, 5.41) is 1.02. The first-order valence-electron chi connectivity index (χ1n) is 5.95. The molecule has 1 fully saturated rings. The molecule has 0 atom stereocenters. The van der Waals surface area contributed by atoms with Crippen molar-refractivity contribution in [2.24, 2.45) is 0 Å². The largest absolute Gasteiger partial charge is 0.399 e. The quantitative estimate of drug-likeness (QED) is 0.829. The van der Waals surface area contributed by atoms with Crippen LogP contribution in [-0.2, 0) is 0 Å². The number of anilines is 3. The molecule has 2 heterocycles. The van der Waals surface area contributed by atoms with Crippen molar-refractivity contribution < 1.29 is 0 Å². The molecule has 0 spiro atoms. The number of hydrogen-bond acceptors (Lipinski definition) is 6. The second-order valence-corrected chi connectivity index (χ2v) is 5.05. The lowest BCUT2D eigenvalue weighted by molar-refractivity contribution is 0.652. The second-order valence-electron chi connectivity index (χ2n) is 4.29. The maximum atomic E-state index is 5.70. The summed E-state index contributed by atoms with van der Waals surface area (Å²) >= 11 is 1.46. The molecule has 0 unspecified atom stereocenters. The van der Waals surface area contributed by atoms with Crippen LogP contribution in [0.2, 0.25) is 0 Å². The van der Waals surface area contributed by atoms with Gasteiger partial charge in [-0.2, -0.15) is 4.37 Å². The Kier molecular flexibility index (Phi) is 3.02. The van der Waals surface area contributed by atoms with Gasteiger partial charge in [0.2, 0.25) is 5.13 Å². The molecule has 1 aliphatic rings. The van der Waals surface area contributed by atoms with E-state index in [1.807, 2.05) is 12.1 Å². The Bertz CT molecular complexity index is 488. The minimum atomic E-state index is 0.811. The zero-order valence-corrected chi connectivity index (χ0v) is 10.8. The molecule has 2 aromatic rings. The predicted octanol–water partition coefficient (Wildman–Crippen LogP) is 1.45. The molecule has 0 saturated carbocycles.